The van der Waals surface area contributed by atoms with Crippen molar-refractivity contribution in [3.05, 3.63) is 29.8 Å². The number of nitrogens with zero attached hydrogens (tertiary/aromatic N) is 2. The summed E-state index contributed by atoms with van der Waals surface area (Å²) in [5, 5.41) is 2.71. The first-order valence-corrected chi connectivity index (χ1v) is 12.3. The topological polar surface area (TPSA) is 96.0 Å². The molecule has 3 fully saturated rings. The highest BCUT2D eigenvalue weighted by atomic mass is 32.2. The molecule has 0 radical (unpaired) electrons. The van der Waals surface area contributed by atoms with Crippen molar-refractivity contribution in [3.63, 3.8) is 0 Å². The van der Waals surface area contributed by atoms with Gasteiger partial charge in [0.25, 0.3) is 0 Å². The van der Waals surface area contributed by atoms with E-state index < -0.39 is 15.9 Å². The van der Waals surface area contributed by atoms with Gasteiger partial charge in [-0.05, 0) is 50.0 Å². The average molecular weight is 436 g/mol. The van der Waals surface area contributed by atoms with Gasteiger partial charge in [0.15, 0.2) is 9.84 Å². The molecule has 30 heavy (non-hydrogen) atoms. The molecule has 1 atom stereocenters. The van der Waals surface area contributed by atoms with Gasteiger partial charge in [-0.15, -0.1) is 0 Å². The van der Waals surface area contributed by atoms with Gasteiger partial charge in [-0.2, -0.15) is 0 Å². The molecule has 3 heterocycles. The van der Waals surface area contributed by atoms with Crippen molar-refractivity contribution in [2.24, 2.45) is 5.41 Å². The van der Waals surface area contributed by atoms with Crippen molar-refractivity contribution in [1.29, 1.82) is 0 Å². The molecular weight excluding hydrogens is 406 g/mol. The van der Waals surface area contributed by atoms with Gasteiger partial charge in [-0.25, -0.2) is 13.2 Å². The van der Waals surface area contributed by atoms with E-state index in [-0.39, 0.29) is 17.4 Å². The van der Waals surface area contributed by atoms with Crippen LogP contribution in [0, 0.1) is 5.41 Å². The highest BCUT2D eigenvalue weighted by Crippen LogP contribution is 2.41. The monoisotopic (exact) mass is 435 g/mol. The zero-order valence-electron chi connectivity index (χ0n) is 17.3. The standard InChI is InChI=1S/C21H29N3O5S/c1-30(27,28)18-5-2-16(3-6-18)12-23-10-8-21(9-11-23)14-24(15-21)19(25)7-4-17-13-29-20(26)22-17/h2-3,5-6,17H,4,7-15H2,1H3,(H,22,26)/t17-/m1/s1. The second kappa shape index (κ2) is 8.19. The lowest BCUT2D eigenvalue weighted by atomic mass is 9.71. The van der Waals surface area contributed by atoms with Gasteiger partial charge in [0.1, 0.15) is 6.61 Å². The van der Waals surface area contributed by atoms with Crippen LogP contribution in [0.5, 0.6) is 0 Å². The largest absolute Gasteiger partial charge is 0.447 e. The molecule has 8 nitrogen and oxygen atoms in total. The number of carbonyl (C=O) groups is 2. The summed E-state index contributed by atoms with van der Waals surface area (Å²) >= 11 is 0. The second-order valence-electron chi connectivity index (χ2n) is 8.92. The Kier molecular flexibility index (Phi) is 5.76. The van der Waals surface area contributed by atoms with Crippen LogP contribution in [0.25, 0.3) is 0 Å². The molecule has 1 aromatic rings. The number of carbonyl (C=O) groups excluding carboxylic acids is 2. The Bertz CT molecular complexity index is 899. The summed E-state index contributed by atoms with van der Waals surface area (Å²) < 4.78 is 28.0. The number of benzene rings is 1. The molecule has 1 aromatic carbocycles. The van der Waals surface area contributed by atoms with Crippen LogP contribution in [-0.2, 0) is 25.9 Å². The van der Waals surface area contributed by atoms with Crippen molar-refractivity contribution in [2.45, 2.75) is 43.2 Å². The van der Waals surface area contributed by atoms with Crippen LogP contribution in [0.2, 0.25) is 0 Å². The van der Waals surface area contributed by atoms with E-state index in [0.29, 0.717) is 24.3 Å². The number of nitrogens with one attached hydrogen (secondary N) is 1. The minimum atomic E-state index is -3.16. The Morgan fingerprint density at radius 3 is 2.43 bits per heavy atom. The number of hydrogen-bond acceptors (Lipinski definition) is 6. The number of alkyl carbamates (subject to hydrolysis) is 1. The number of ether oxygens (including phenoxy) is 1. The molecule has 9 heteroatoms. The van der Waals surface area contributed by atoms with E-state index in [1.807, 2.05) is 17.0 Å². The first-order valence-electron chi connectivity index (χ1n) is 10.4. The van der Waals surface area contributed by atoms with E-state index in [0.717, 1.165) is 51.1 Å². The van der Waals surface area contributed by atoms with Crippen molar-refractivity contribution >= 4 is 21.8 Å². The molecule has 4 rings (SSSR count). The van der Waals surface area contributed by atoms with Crippen molar-refractivity contribution in [1.82, 2.24) is 15.1 Å². The van der Waals surface area contributed by atoms with Gasteiger partial charge in [-0.3, -0.25) is 9.69 Å². The predicted molar refractivity (Wildman–Crippen MR) is 111 cm³/mol. The Hall–Kier alpha value is -2.13. The molecular formula is C21H29N3O5S. The van der Waals surface area contributed by atoms with Crippen LogP contribution in [0.1, 0.15) is 31.2 Å². The molecule has 0 unspecified atom stereocenters. The van der Waals surface area contributed by atoms with Crippen LogP contribution in [0.15, 0.2) is 29.2 Å². The van der Waals surface area contributed by atoms with E-state index in [1.165, 1.54) is 6.26 Å². The van der Waals surface area contributed by atoms with E-state index in [1.54, 1.807) is 12.1 Å². The average Bonchev–Trinajstić information content (AvgIpc) is 3.10. The van der Waals surface area contributed by atoms with Gasteiger partial charge in [0.2, 0.25) is 5.91 Å². The summed E-state index contributed by atoms with van der Waals surface area (Å²) in [6.45, 7) is 4.80. The minimum absolute atomic E-state index is 0.0496. The normalized spacial score (nSPS) is 23.7. The summed E-state index contributed by atoms with van der Waals surface area (Å²) in [6, 6.07) is 7.08. The second-order valence-corrected chi connectivity index (χ2v) is 10.9. The molecule has 0 saturated carbocycles. The maximum absolute atomic E-state index is 12.4. The van der Waals surface area contributed by atoms with Crippen molar-refractivity contribution in [2.75, 3.05) is 39.0 Å². The number of cyclic esters (lactones) is 1. The molecule has 164 valence electrons. The third-order valence-electron chi connectivity index (χ3n) is 6.52. The fraction of sp³-hybridized carbons (Fsp3) is 0.619. The maximum atomic E-state index is 12.4. The van der Waals surface area contributed by atoms with Gasteiger partial charge in [-0.1, -0.05) is 12.1 Å². The third-order valence-corrected chi connectivity index (χ3v) is 7.65. The quantitative estimate of drug-likeness (QED) is 0.726. The van der Waals surface area contributed by atoms with Crippen molar-refractivity contribution in [3.8, 4) is 0 Å². The van der Waals surface area contributed by atoms with Crippen LogP contribution >= 0.6 is 0 Å². The van der Waals surface area contributed by atoms with E-state index in [9.17, 15) is 18.0 Å². The van der Waals surface area contributed by atoms with Gasteiger partial charge in [0, 0.05) is 37.7 Å². The van der Waals surface area contributed by atoms with Crippen molar-refractivity contribution < 1.29 is 22.7 Å². The number of rotatable bonds is 6. The zero-order chi connectivity index (χ0) is 21.4. The fourth-order valence-corrected chi connectivity index (χ4v) is 5.21. The molecule has 0 aromatic heterocycles. The van der Waals surface area contributed by atoms with Crippen LogP contribution < -0.4 is 5.32 Å². The summed E-state index contributed by atoms with van der Waals surface area (Å²) in [7, 11) is -3.16. The summed E-state index contributed by atoms with van der Waals surface area (Å²) in [5.41, 5.74) is 1.36. The SMILES string of the molecule is CS(=O)(=O)c1ccc(CN2CCC3(CC2)CN(C(=O)CC[C@@H]2COC(=O)N2)C3)cc1. The number of likely N-dealkylation sites (tertiary alicyclic amines) is 2. The Morgan fingerprint density at radius 1 is 1.20 bits per heavy atom. The molecule has 0 aliphatic carbocycles. The molecule has 2 amide bonds. The smallest absolute Gasteiger partial charge is 0.407 e. The molecule has 3 aliphatic rings. The van der Waals surface area contributed by atoms with Gasteiger partial charge >= 0.3 is 6.09 Å². The highest BCUT2D eigenvalue weighted by Gasteiger charge is 2.46. The molecule has 0 bridgehead atoms. The van der Waals surface area contributed by atoms with E-state index >= 15 is 0 Å². The highest BCUT2D eigenvalue weighted by molar-refractivity contribution is 7.90. The predicted octanol–water partition coefficient (Wildman–Crippen LogP) is 1.40. The number of hydrogen-bond donors (Lipinski definition) is 1. The third kappa shape index (κ3) is 4.78. The molecule has 3 saturated heterocycles. The van der Waals surface area contributed by atoms with Crippen LogP contribution in [0.4, 0.5) is 4.79 Å². The Morgan fingerprint density at radius 2 is 1.87 bits per heavy atom. The molecule has 3 aliphatic heterocycles. The summed E-state index contributed by atoms with van der Waals surface area (Å²) in [6.07, 6.45) is 4.04. The van der Waals surface area contributed by atoms with E-state index in [4.69, 9.17) is 4.74 Å². The number of amides is 2. The number of sulfone groups is 1. The van der Waals surface area contributed by atoms with Crippen LogP contribution in [-0.4, -0.2) is 75.3 Å². The lowest BCUT2D eigenvalue weighted by Gasteiger charge is -2.54. The zero-order valence-corrected chi connectivity index (χ0v) is 18.1. The van der Waals surface area contributed by atoms with Crippen LogP contribution in [0.3, 0.4) is 0 Å². The minimum Gasteiger partial charge on any atom is -0.447 e. The Balaban J connectivity index is 1.19. The van der Waals surface area contributed by atoms with Gasteiger partial charge in [0.05, 0.1) is 10.9 Å². The lowest BCUT2D eigenvalue weighted by Crippen LogP contribution is -2.61. The summed E-state index contributed by atoms with van der Waals surface area (Å²) in [4.78, 5) is 28.1. The lowest BCUT2D eigenvalue weighted by molar-refractivity contribution is -0.147. The number of piperidine rings is 1. The first kappa shape index (κ1) is 21.1. The molecule has 1 N–H and O–H groups in total. The Labute approximate surface area is 177 Å². The summed E-state index contributed by atoms with van der Waals surface area (Å²) in [5.74, 6) is 0.162. The first-order chi connectivity index (χ1) is 14.2. The molecule has 1 spiro atoms. The van der Waals surface area contributed by atoms with Gasteiger partial charge < -0.3 is 15.0 Å². The van der Waals surface area contributed by atoms with E-state index in [2.05, 4.69) is 10.2 Å². The maximum Gasteiger partial charge on any atom is 0.407 e. The fourth-order valence-electron chi connectivity index (χ4n) is 4.58.